The van der Waals surface area contributed by atoms with Crippen LogP contribution in [0, 0.1) is 0 Å². The summed E-state index contributed by atoms with van der Waals surface area (Å²) < 4.78 is 0. The second kappa shape index (κ2) is 7.56. The number of thioether (sulfide) groups is 1. The lowest BCUT2D eigenvalue weighted by Crippen LogP contribution is -2.38. The maximum absolute atomic E-state index is 12.9. The van der Waals surface area contributed by atoms with Crippen LogP contribution in [0.2, 0.25) is 5.02 Å². The smallest absolute Gasteiger partial charge is 0.272 e. The van der Waals surface area contributed by atoms with Crippen molar-refractivity contribution < 1.29 is 4.79 Å². The molecule has 4 rings (SSSR count). The summed E-state index contributed by atoms with van der Waals surface area (Å²) in [7, 11) is 0. The minimum absolute atomic E-state index is 0.00908. The first-order chi connectivity index (χ1) is 12.7. The highest BCUT2D eigenvalue weighted by Gasteiger charge is 2.21. The lowest BCUT2D eigenvalue weighted by molar-refractivity contribution is 0.0767. The summed E-state index contributed by atoms with van der Waals surface area (Å²) in [6.07, 6.45) is 0. The highest BCUT2D eigenvalue weighted by Crippen LogP contribution is 2.28. The number of halogens is 1. The van der Waals surface area contributed by atoms with Crippen LogP contribution in [0.3, 0.4) is 0 Å². The van der Waals surface area contributed by atoms with Crippen molar-refractivity contribution in [3.63, 3.8) is 0 Å². The van der Waals surface area contributed by atoms with Crippen molar-refractivity contribution in [1.82, 2.24) is 9.88 Å². The van der Waals surface area contributed by atoms with E-state index in [0.717, 1.165) is 46.9 Å². The first kappa shape index (κ1) is 17.2. The van der Waals surface area contributed by atoms with E-state index in [1.807, 2.05) is 71.3 Å². The quantitative estimate of drug-likeness (QED) is 0.704. The van der Waals surface area contributed by atoms with Gasteiger partial charge >= 0.3 is 0 Å². The predicted molar refractivity (Wildman–Crippen MR) is 110 cm³/mol. The molecule has 1 aromatic heterocycles. The number of carbonyl (C=O) groups excluding carboxylic acids is 1. The SMILES string of the molecule is O=C(c1cc(Nc2cccc(Cl)c2)c2ccccc2n1)N1CCSCC1. The number of nitrogens with zero attached hydrogens (tertiary/aromatic N) is 2. The van der Waals surface area contributed by atoms with Gasteiger partial charge in [0.05, 0.1) is 11.2 Å². The van der Waals surface area contributed by atoms with Gasteiger partial charge in [0.1, 0.15) is 5.69 Å². The standard InChI is InChI=1S/C20H18ClN3OS/c21-14-4-3-5-15(12-14)22-18-13-19(20(25)24-8-10-26-11-9-24)23-17-7-2-1-6-16(17)18/h1-7,12-13H,8-11H2,(H,22,23). The van der Waals surface area contributed by atoms with Gasteiger partial charge in [0.15, 0.2) is 0 Å². The topological polar surface area (TPSA) is 45.2 Å². The van der Waals surface area contributed by atoms with Gasteiger partial charge in [0.25, 0.3) is 5.91 Å². The Labute approximate surface area is 161 Å². The minimum Gasteiger partial charge on any atom is -0.355 e. The van der Waals surface area contributed by atoms with E-state index in [-0.39, 0.29) is 5.91 Å². The molecule has 132 valence electrons. The van der Waals surface area contributed by atoms with Crippen molar-refractivity contribution >= 4 is 51.5 Å². The van der Waals surface area contributed by atoms with Crippen LogP contribution in [0.15, 0.2) is 54.6 Å². The number of pyridine rings is 1. The van der Waals surface area contributed by atoms with Crippen molar-refractivity contribution in [2.45, 2.75) is 0 Å². The molecule has 1 aliphatic rings. The summed E-state index contributed by atoms with van der Waals surface area (Å²) in [5.74, 6) is 1.95. The van der Waals surface area contributed by atoms with Crippen LogP contribution < -0.4 is 5.32 Å². The molecule has 2 heterocycles. The molecule has 0 radical (unpaired) electrons. The second-order valence-corrected chi connectivity index (χ2v) is 7.77. The molecule has 1 fully saturated rings. The summed E-state index contributed by atoms with van der Waals surface area (Å²) >= 11 is 7.98. The number of aromatic nitrogens is 1. The van der Waals surface area contributed by atoms with Gasteiger partial charge in [0, 0.05) is 40.7 Å². The van der Waals surface area contributed by atoms with Gasteiger partial charge < -0.3 is 10.2 Å². The molecule has 26 heavy (non-hydrogen) atoms. The van der Waals surface area contributed by atoms with Crippen molar-refractivity contribution in [2.24, 2.45) is 0 Å². The molecule has 3 aromatic rings. The molecule has 2 aromatic carbocycles. The highest BCUT2D eigenvalue weighted by atomic mass is 35.5. The van der Waals surface area contributed by atoms with Gasteiger partial charge in [-0.05, 0) is 30.3 Å². The van der Waals surface area contributed by atoms with Crippen molar-refractivity contribution in [1.29, 1.82) is 0 Å². The summed E-state index contributed by atoms with van der Waals surface area (Å²) in [6, 6.07) is 17.2. The van der Waals surface area contributed by atoms with E-state index in [1.165, 1.54) is 0 Å². The van der Waals surface area contributed by atoms with E-state index >= 15 is 0 Å². The van der Waals surface area contributed by atoms with Gasteiger partial charge in [0.2, 0.25) is 0 Å². The molecule has 0 aliphatic carbocycles. The van der Waals surface area contributed by atoms with Crippen LogP contribution in [-0.2, 0) is 0 Å². The molecular formula is C20H18ClN3OS. The molecule has 1 aliphatic heterocycles. The fourth-order valence-corrected chi connectivity index (χ4v) is 4.13. The number of anilines is 2. The zero-order valence-electron chi connectivity index (χ0n) is 14.1. The zero-order valence-corrected chi connectivity index (χ0v) is 15.7. The molecule has 0 spiro atoms. The summed E-state index contributed by atoms with van der Waals surface area (Å²) in [4.78, 5) is 19.4. The normalized spacial score (nSPS) is 14.4. The summed E-state index contributed by atoms with van der Waals surface area (Å²) in [6.45, 7) is 1.55. The van der Waals surface area contributed by atoms with E-state index < -0.39 is 0 Å². The number of hydrogen-bond acceptors (Lipinski definition) is 4. The number of hydrogen-bond donors (Lipinski definition) is 1. The average molecular weight is 384 g/mol. The molecule has 6 heteroatoms. The Morgan fingerprint density at radius 2 is 1.88 bits per heavy atom. The molecule has 0 unspecified atom stereocenters. The van der Waals surface area contributed by atoms with Gasteiger partial charge in [-0.3, -0.25) is 4.79 Å². The number of amides is 1. The molecular weight excluding hydrogens is 366 g/mol. The Morgan fingerprint density at radius 1 is 1.08 bits per heavy atom. The summed E-state index contributed by atoms with van der Waals surface area (Å²) in [5.41, 5.74) is 3.00. The molecule has 1 saturated heterocycles. The third kappa shape index (κ3) is 3.64. The van der Waals surface area contributed by atoms with Crippen molar-refractivity contribution in [2.75, 3.05) is 29.9 Å². The van der Waals surface area contributed by atoms with E-state index in [2.05, 4.69) is 10.3 Å². The molecule has 0 saturated carbocycles. The Balaban J connectivity index is 1.74. The van der Waals surface area contributed by atoms with Crippen LogP contribution in [0.1, 0.15) is 10.5 Å². The third-order valence-electron chi connectivity index (χ3n) is 4.34. The maximum Gasteiger partial charge on any atom is 0.272 e. The zero-order chi connectivity index (χ0) is 17.9. The fraction of sp³-hybridized carbons (Fsp3) is 0.200. The second-order valence-electron chi connectivity index (χ2n) is 6.11. The number of fused-ring (bicyclic) bond motifs is 1. The summed E-state index contributed by atoms with van der Waals surface area (Å²) in [5, 5.41) is 5.02. The van der Waals surface area contributed by atoms with Crippen LogP contribution in [0.25, 0.3) is 10.9 Å². The Hall–Kier alpha value is -2.24. The molecule has 1 amide bonds. The van der Waals surface area contributed by atoms with E-state index in [4.69, 9.17) is 11.6 Å². The Bertz CT molecular complexity index is 957. The van der Waals surface area contributed by atoms with E-state index in [9.17, 15) is 4.79 Å². The van der Waals surface area contributed by atoms with Gasteiger partial charge in [-0.2, -0.15) is 11.8 Å². The number of benzene rings is 2. The Kier molecular flexibility index (Phi) is 5.00. The first-order valence-electron chi connectivity index (χ1n) is 8.50. The van der Waals surface area contributed by atoms with E-state index in [1.54, 1.807) is 0 Å². The number of carbonyl (C=O) groups is 1. The number of nitrogens with one attached hydrogen (secondary N) is 1. The van der Waals surface area contributed by atoms with Crippen LogP contribution in [0.5, 0.6) is 0 Å². The van der Waals surface area contributed by atoms with Gasteiger partial charge in [-0.25, -0.2) is 4.98 Å². The molecule has 0 bridgehead atoms. The van der Waals surface area contributed by atoms with Crippen LogP contribution in [-0.4, -0.2) is 40.4 Å². The average Bonchev–Trinajstić information content (AvgIpc) is 2.68. The fourth-order valence-electron chi connectivity index (χ4n) is 3.04. The Morgan fingerprint density at radius 3 is 2.69 bits per heavy atom. The minimum atomic E-state index is -0.00908. The van der Waals surface area contributed by atoms with E-state index in [0.29, 0.717) is 10.7 Å². The van der Waals surface area contributed by atoms with Gasteiger partial charge in [-0.15, -0.1) is 0 Å². The van der Waals surface area contributed by atoms with Crippen molar-refractivity contribution in [3.05, 3.63) is 65.3 Å². The third-order valence-corrected chi connectivity index (χ3v) is 5.51. The molecule has 4 nitrogen and oxygen atoms in total. The van der Waals surface area contributed by atoms with Gasteiger partial charge in [-0.1, -0.05) is 35.9 Å². The predicted octanol–water partition coefficient (Wildman–Crippen LogP) is 4.82. The monoisotopic (exact) mass is 383 g/mol. The lowest BCUT2D eigenvalue weighted by atomic mass is 10.1. The molecule has 0 atom stereocenters. The number of rotatable bonds is 3. The van der Waals surface area contributed by atoms with Crippen LogP contribution >= 0.6 is 23.4 Å². The lowest BCUT2D eigenvalue weighted by Gasteiger charge is -2.26. The first-order valence-corrected chi connectivity index (χ1v) is 10.0. The van der Waals surface area contributed by atoms with Crippen LogP contribution in [0.4, 0.5) is 11.4 Å². The van der Waals surface area contributed by atoms with Crippen molar-refractivity contribution in [3.8, 4) is 0 Å². The number of para-hydroxylation sites is 1. The largest absolute Gasteiger partial charge is 0.355 e. The highest BCUT2D eigenvalue weighted by molar-refractivity contribution is 7.99. The molecule has 1 N–H and O–H groups in total. The maximum atomic E-state index is 12.9.